The van der Waals surface area contributed by atoms with Gasteiger partial charge in [0.05, 0.1) is 0 Å². The SMILES string of the molecule is CCCN(CCC)CC1CCc2cc(NC(=O)Nc3ccc(Oc4ccccc4)cc3)ccc2C1. The lowest BCUT2D eigenvalue weighted by Crippen LogP contribution is -2.33. The highest BCUT2D eigenvalue weighted by Crippen LogP contribution is 2.29. The van der Waals surface area contributed by atoms with E-state index in [0.717, 1.165) is 35.9 Å². The second-order valence-corrected chi connectivity index (χ2v) is 9.41. The van der Waals surface area contributed by atoms with Gasteiger partial charge in [-0.3, -0.25) is 0 Å². The van der Waals surface area contributed by atoms with Gasteiger partial charge in [0.25, 0.3) is 0 Å². The molecular weight excluding hydrogens is 434 g/mol. The minimum absolute atomic E-state index is 0.245. The van der Waals surface area contributed by atoms with Crippen LogP contribution in [0.2, 0.25) is 0 Å². The number of hydrogen-bond donors (Lipinski definition) is 2. The van der Waals surface area contributed by atoms with Crippen molar-refractivity contribution in [2.45, 2.75) is 46.0 Å². The molecule has 3 aromatic rings. The van der Waals surface area contributed by atoms with Crippen LogP contribution in [0.5, 0.6) is 11.5 Å². The zero-order chi connectivity index (χ0) is 24.5. The van der Waals surface area contributed by atoms with E-state index in [1.54, 1.807) is 0 Å². The molecule has 1 unspecified atom stereocenters. The highest BCUT2D eigenvalue weighted by Gasteiger charge is 2.21. The lowest BCUT2D eigenvalue weighted by molar-refractivity contribution is 0.220. The van der Waals surface area contributed by atoms with Crippen molar-refractivity contribution in [3.05, 3.63) is 83.9 Å². The van der Waals surface area contributed by atoms with Crippen molar-refractivity contribution in [2.24, 2.45) is 5.92 Å². The summed E-state index contributed by atoms with van der Waals surface area (Å²) < 4.78 is 5.81. The summed E-state index contributed by atoms with van der Waals surface area (Å²) in [6, 6.07) is 23.1. The summed E-state index contributed by atoms with van der Waals surface area (Å²) in [5.74, 6) is 2.23. The number of urea groups is 1. The number of amides is 2. The van der Waals surface area contributed by atoms with E-state index in [-0.39, 0.29) is 6.03 Å². The van der Waals surface area contributed by atoms with Crippen LogP contribution in [0.15, 0.2) is 72.8 Å². The third-order valence-electron chi connectivity index (χ3n) is 6.48. The first-order valence-corrected chi connectivity index (χ1v) is 12.9. The number of anilines is 2. The third kappa shape index (κ3) is 7.33. The Labute approximate surface area is 209 Å². The number of nitrogens with one attached hydrogen (secondary N) is 2. The molecular formula is C30H37N3O2. The summed E-state index contributed by atoms with van der Waals surface area (Å²) in [6.45, 7) is 8.10. The van der Waals surface area contributed by atoms with Crippen LogP contribution in [-0.2, 0) is 12.8 Å². The minimum atomic E-state index is -0.245. The first-order chi connectivity index (χ1) is 17.1. The molecule has 184 valence electrons. The second kappa shape index (κ2) is 12.4. The number of ether oxygens (including phenoxy) is 1. The zero-order valence-corrected chi connectivity index (χ0v) is 20.9. The quantitative estimate of drug-likeness (QED) is 0.325. The van der Waals surface area contributed by atoms with Crippen molar-refractivity contribution >= 4 is 17.4 Å². The Bertz CT molecular complexity index is 1080. The maximum atomic E-state index is 12.6. The van der Waals surface area contributed by atoms with Crippen LogP contribution in [0.3, 0.4) is 0 Å². The minimum Gasteiger partial charge on any atom is -0.457 e. The topological polar surface area (TPSA) is 53.6 Å². The summed E-state index contributed by atoms with van der Waals surface area (Å²) in [4.78, 5) is 15.2. The normalized spacial score (nSPS) is 14.9. The van der Waals surface area contributed by atoms with Gasteiger partial charge in [0.2, 0.25) is 0 Å². The van der Waals surface area contributed by atoms with Crippen LogP contribution in [-0.4, -0.2) is 30.6 Å². The van der Waals surface area contributed by atoms with Crippen LogP contribution in [0.4, 0.5) is 16.2 Å². The van der Waals surface area contributed by atoms with Crippen molar-refractivity contribution in [3.63, 3.8) is 0 Å². The Hall–Kier alpha value is -3.31. The number of carbonyl (C=O) groups excluding carboxylic acids is 1. The van der Waals surface area contributed by atoms with Gasteiger partial charge in [-0.2, -0.15) is 0 Å². The van der Waals surface area contributed by atoms with E-state index in [2.05, 4.69) is 41.5 Å². The number of aryl methyl sites for hydroxylation is 1. The Balaban J connectivity index is 1.29. The van der Waals surface area contributed by atoms with Crippen molar-refractivity contribution < 1.29 is 9.53 Å². The molecule has 0 spiro atoms. The molecule has 0 saturated carbocycles. The largest absolute Gasteiger partial charge is 0.457 e. The Morgan fingerprint density at radius 1 is 0.857 bits per heavy atom. The second-order valence-electron chi connectivity index (χ2n) is 9.41. The van der Waals surface area contributed by atoms with Crippen molar-refractivity contribution in [3.8, 4) is 11.5 Å². The lowest BCUT2D eigenvalue weighted by Gasteiger charge is -2.30. The smallest absolute Gasteiger partial charge is 0.323 e. The van der Waals surface area contributed by atoms with Crippen LogP contribution in [0.25, 0.3) is 0 Å². The summed E-state index contributed by atoms with van der Waals surface area (Å²) in [5.41, 5.74) is 4.34. The molecule has 0 radical (unpaired) electrons. The third-order valence-corrected chi connectivity index (χ3v) is 6.48. The molecule has 2 amide bonds. The maximum Gasteiger partial charge on any atom is 0.323 e. The van der Waals surface area contributed by atoms with E-state index in [1.165, 1.54) is 50.0 Å². The molecule has 35 heavy (non-hydrogen) atoms. The van der Waals surface area contributed by atoms with Gasteiger partial charge in [-0.05, 0) is 111 Å². The van der Waals surface area contributed by atoms with E-state index < -0.39 is 0 Å². The van der Waals surface area contributed by atoms with Crippen molar-refractivity contribution in [1.82, 2.24) is 4.90 Å². The number of hydrogen-bond acceptors (Lipinski definition) is 3. The fourth-order valence-electron chi connectivity index (χ4n) is 4.88. The van der Waals surface area contributed by atoms with Crippen LogP contribution < -0.4 is 15.4 Å². The van der Waals surface area contributed by atoms with Gasteiger partial charge in [-0.1, -0.05) is 38.1 Å². The number of nitrogens with zero attached hydrogens (tertiary/aromatic N) is 1. The molecule has 0 bridgehead atoms. The number of carbonyl (C=O) groups is 1. The summed E-state index contributed by atoms with van der Waals surface area (Å²) in [6.07, 6.45) is 5.84. The molecule has 5 nitrogen and oxygen atoms in total. The van der Waals surface area contributed by atoms with Crippen LogP contribution in [0, 0.1) is 5.92 Å². The molecule has 0 fully saturated rings. The predicted molar refractivity (Wildman–Crippen MR) is 145 cm³/mol. The summed E-state index contributed by atoms with van der Waals surface area (Å²) >= 11 is 0. The van der Waals surface area contributed by atoms with Crippen LogP contribution >= 0.6 is 0 Å². The zero-order valence-electron chi connectivity index (χ0n) is 20.9. The molecule has 0 saturated heterocycles. The van der Waals surface area contributed by atoms with Crippen molar-refractivity contribution in [1.29, 1.82) is 0 Å². The highest BCUT2D eigenvalue weighted by molar-refractivity contribution is 5.99. The van der Waals surface area contributed by atoms with Gasteiger partial charge in [0.15, 0.2) is 0 Å². The molecule has 3 aromatic carbocycles. The average molecular weight is 472 g/mol. The fourth-order valence-corrected chi connectivity index (χ4v) is 4.88. The van der Waals surface area contributed by atoms with Crippen LogP contribution in [0.1, 0.15) is 44.2 Å². The fraction of sp³-hybridized carbons (Fsp3) is 0.367. The molecule has 1 aliphatic rings. The molecule has 2 N–H and O–H groups in total. The molecule has 4 rings (SSSR count). The van der Waals surface area contributed by atoms with Gasteiger partial charge in [0, 0.05) is 17.9 Å². The summed E-state index contributed by atoms with van der Waals surface area (Å²) in [7, 11) is 0. The van der Waals surface area contributed by atoms with E-state index in [1.807, 2.05) is 60.7 Å². The standard InChI is InChI=1S/C30H37N3O2/c1-3-18-33(19-4-2)22-23-10-11-25-21-27(13-12-24(25)20-23)32-30(34)31-26-14-16-29(17-15-26)35-28-8-6-5-7-9-28/h5-9,12-17,21,23H,3-4,10-11,18-20,22H2,1-2H3,(H2,31,32,34). The van der Waals surface area contributed by atoms with Crippen molar-refractivity contribution in [2.75, 3.05) is 30.3 Å². The molecule has 1 aliphatic carbocycles. The first-order valence-electron chi connectivity index (χ1n) is 12.9. The van der Waals surface area contributed by atoms with Gasteiger partial charge in [-0.25, -0.2) is 4.79 Å². The molecule has 0 aliphatic heterocycles. The van der Waals surface area contributed by atoms with Gasteiger partial charge in [0.1, 0.15) is 11.5 Å². The van der Waals surface area contributed by atoms with Gasteiger partial charge < -0.3 is 20.3 Å². The van der Waals surface area contributed by atoms with Gasteiger partial charge in [-0.15, -0.1) is 0 Å². The molecule has 0 aromatic heterocycles. The molecule has 1 atom stereocenters. The average Bonchev–Trinajstić information content (AvgIpc) is 2.86. The van der Waals surface area contributed by atoms with Gasteiger partial charge >= 0.3 is 6.03 Å². The van der Waals surface area contributed by atoms with E-state index >= 15 is 0 Å². The monoisotopic (exact) mass is 471 g/mol. The Kier molecular flexibility index (Phi) is 8.79. The first kappa shape index (κ1) is 24.8. The predicted octanol–water partition coefficient (Wildman–Crippen LogP) is 7.35. The number of fused-ring (bicyclic) bond motifs is 1. The lowest BCUT2D eigenvalue weighted by atomic mass is 9.83. The highest BCUT2D eigenvalue weighted by atomic mass is 16.5. The van der Waals surface area contributed by atoms with E-state index in [9.17, 15) is 4.79 Å². The number of rotatable bonds is 10. The Morgan fingerprint density at radius 3 is 2.23 bits per heavy atom. The summed E-state index contributed by atoms with van der Waals surface area (Å²) in [5, 5.41) is 5.89. The van der Waals surface area contributed by atoms with E-state index in [4.69, 9.17) is 4.74 Å². The Morgan fingerprint density at radius 2 is 1.51 bits per heavy atom. The number of para-hydroxylation sites is 1. The molecule has 5 heteroatoms. The maximum absolute atomic E-state index is 12.6. The number of benzene rings is 3. The molecule has 0 heterocycles. The van der Waals surface area contributed by atoms with E-state index in [0.29, 0.717) is 5.69 Å².